The molecule has 114 valence electrons. The molecule has 6 heteroatoms. The van der Waals surface area contributed by atoms with Crippen LogP contribution >= 0.6 is 0 Å². The van der Waals surface area contributed by atoms with Crippen molar-refractivity contribution in [3.8, 4) is 0 Å². The Hall–Kier alpha value is -1.14. The molecule has 20 heavy (non-hydrogen) atoms. The van der Waals surface area contributed by atoms with Gasteiger partial charge in [-0.1, -0.05) is 19.9 Å². The van der Waals surface area contributed by atoms with E-state index in [-0.39, 0.29) is 11.6 Å². The van der Waals surface area contributed by atoms with E-state index in [4.69, 9.17) is 0 Å². The first kappa shape index (κ1) is 16.9. The summed E-state index contributed by atoms with van der Waals surface area (Å²) in [6, 6.07) is 4.63. The summed E-state index contributed by atoms with van der Waals surface area (Å²) in [7, 11) is 0. The Morgan fingerprint density at radius 2 is 1.85 bits per heavy atom. The third-order valence-corrected chi connectivity index (χ3v) is 2.77. The van der Waals surface area contributed by atoms with E-state index in [1.807, 2.05) is 13.8 Å². The molecule has 1 aromatic carbocycles. The topological polar surface area (TPSA) is 21.3 Å². The molecular weight excluding hydrogens is 274 g/mol. The second kappa shape index (κ2) is 7.04. The Balaban J connectivity index is 2.67. The average Bonchev–Trinajstić information content (AvgIpc) is 2.34. The highest BCUT2D eigenvalue weighted by Gasteiger charge is 2.36. The first-order chi connectivity index (χ1) is 9.20. The molecular formula is C14H19F4NO. The Morgan fingerprint density at radius 1 is 1.20 bits per heavy atom. The molecule has 0 aliphatic carbocycles. The van der Waals surface area contributed by atoms with Gasteiger partial charge in [0, 0.05) is 18.2 Å². The van der Waals surface area contributed by atoms with Crippen LogP contribution in [-0.4, -0.2) is 18.3 Å². The molecule has 1 N–H and O–H groups in total. The van der Waals surface area contributed by atoms with E-state index in [0.29, 0.717) is 6.54 Å². The maximum absolute atomic E-state index is 13.5. The lowest BCUT2D eigenvalue weighted by Crippen LogP contribution is -2.28. The van der Waals surface area contributed by atoms with Crippen molar-refractivity contribution in [1.29, 1.82) is 0 Å². The minimum atomic E-state index is -4.44. The standard InChI is InChI=1S/C14H19F4NO/c1-9(2)19-7-11-4-5-13(15)12(6-11)8-20-10(3)14(16,17)18/h4-6,9-10,19H,7-8H2,1-3H3. The lowest BCUT2D eigenvalue weighted by Gasteiger charge is -2.17. The quantitative estimate of drug-likeness (QED) is 0.806. The van der Waals surface area contributed by atoms with Gasteiger partial charge in [0.2, 0.25) is 0 Å². The highest BCUT2D eigenvalue weighted by molar-refractivity contribution is 5.24. The van der Waals surface area contributed by atoms with Crippen molar-refractivity contribution >= 4 is 0 Å². The van der Waals surface area contributed by atoms with Crippen molar-refractivity contribution in [2.24, 2.45) is 0 Å². The van der Waals surface area contributed by atoms with Crippen LogP contribution in [0.3, 0.4) is 0 Å². The molecule has 0 radical (unpaired) electrons. The van der Waals surface area contributed by atoms with Crippen molar-refractivity contribution in [2.75, 3.05) is 0 Å². The van der Waals surface area contributed by atoms with Gasteiger partial charge in [-0.15, -0.1) is 0 Å². The Kier molecular flexibility index (Phi) is 5.95. The number of benzene rings is 1. The van der Waals surface area contributed by atoms with Gasteiger partial charge >= 0.3 is 6.18 Å². The van der Waals surface area contributed by atoms with E-state index < -0.39 is 24.7 Å². The Labute approximate surface area is 116 Å². The van der Waals surface area contributed by atoms with E-state index in [1.54, 1.807) is 6.07 Å². The number of hydrogen-bond acceptors (Lipinski definition) is 2. The molecule has 1 rings (SSSR count). The van der Waals surface area contributed by atoms with Crippen molar-refractivity contribution < 1.29 is 22.3 Å². The summed E-state index contributed by atoms with van der Waals surface area (Å²) in [5.41, 5.74) is 0.933. The zero-order valence-corrected chi connectivity index (χ0v) is 11.7. The van der Waals surface area contributed by atoms with Gasteiger partial charge in [-0.05, 0) is 24.6 Å². The van der Waals surface area contributed by atoms with Crippen molar-refractivity contribution in [2.45, 2.75) is 52.2 Å². The van der Waals surface area contributed by atoms with E-state index in [0.717, 1.165) is 12.5 Å². The molecule has 0 heterocycles. The van der Waals surface area contributed by atoms with Crippen LogP contribution in [-0.2, 0) is 17.9 Å². The normalized spacial score (nSPS) is 13.8. The molecule has 0 amide bonds. The molecule has 0 aliphatic heterocycles. The summed E-state index contributed by atoms with van der Waals surface area (Å²) >= 11 is 0. The number of rotatable bonds is 6. The monoisotopic (exact) mass is 293 g/mol. The van der Waals surface area contributed by atoms with E-state index in [1.165, 1.54) is 12.1 Å². The van der Waals surface area contributed by atoms with Gasteiger partial charge in [-0.25, -0.2) is 4.39 Å². The Morgan fingerprint density at radius 3 is 2.40 bits per heavy atom. The first-order valence-electron chi connectivity index (χ1n) is 6.39. The van der Waals surface area contributed by atoms with Crippen LogP contribution < -0.4 is 5.32 Å². The third kappa shape index (κ3) is 5.46. The summed E-state index contributed by atoms with van der Waals surface area (Å²) in [5.74, 6) is -0.562. The highest BCUT2D eigenvalue weighted by atomic mass is 19.4. The highest BCUT2D eigenvalue weighted by Crippen LogP contribution is 2.24. The molecule has 0 aliphatic rings. The molecule has 2 nitrogen and oxygen atoms in total. The van der Waals surface area contributed by atoms with E-state index >= 15 is 0 Å². The summed E-state index contributed by atoms with van der Waals surface area (Å²) in [4.78, 5) is 0. The van der Waals surface area contributed by atoms with E-state index in [9.17, 15) is 17.6 Å². The van der Waals surface area contributed by atoms with Crippen LogP contribution in [0, 0.1) is 5.82 Å². The van der Waals surface area contributed by atoms with Crippen LogP contribution in [0.5, 0.6) is 0 Å². The lowest BCUT2D eigenvalue weighted by molar-refractivity contribution is -0.217. The van der Waals surface area contributed by atoms with Gasteiger partial charge in [0.1, 0.15) is 5.82 Å². The average molecular weight is 293 g/mol. The lowest BCUT2D eigenvalue weighted by atomic mass is 10.1. The van der Waals surface area contributed by atoms with Gasteiger partial charge in [0.15, 0.2) is 6.10 Å². The predicted molar refractivity (Wildman–Crippen MR) is 68.7 cm³/mol. The summed E-state index contributed by atoms with van der Waals surface area (Å²) in [6.45, 7) is 4.97. The number of ether oxygens (including phenoxy) is 1. The number of hydrogen-bond donors (Lipinski definition) is 1. The minimum absolute atomic E-state index is 0.129. The van der Waals surface area contributed by atoms with Gasteiger partial charge in [-0.2, -0.15) is 13.2 Å². The molecule has 0 saturated carbocycles. The van der Waals surface area contributed by atoms with Gasteiger partial charge in [0.05, 0.1) is 6.61 Å². The molecule has 1 unspecified atom stereocenters. The van der Waals surface area contributed by atoms with E-state index in [2.05, 4.69) is 10.1 Å². The number of halogens is 4. The van der Waals surface area contributed by atoms with Crippen LogP contribution in [0.2, 0.25) is 0 Å². The zero-order valence-electron chi connectivity index (χ0n) is 11.7. The number of alkyl halides is 3. The molecule has 1 aromatic rings. The van der Waals surface area contributed by atoms with Crippen molar-refractivity contribution in [3.63, 3.8) is 0 Å². The maximum Gasteiger partial charge on any atom is 0.414 e. The molecule has 1 atom stereocenters. The fourth-order valence-corrected chi connectivity index (χ4v) is 1.48. The first-order valence-corrected chi connectivity index (χ1v) is 6.39. The minimum Gasteiger partial charge on any atom is -0.364 e. The SMILES string of the molecule is CC(C)NCc1ccc(F)c(COC(C)C(F)(F)F)c1. The maximum atomic E-state index is 13.5. The third-order valence-electron chi connectivity index (χ3n) is 2.77. The molecule has 0 aromatic heterocycles. The Bertz CT molecular complexity index is 432. The van der Waals surface area contributed by atoms with Crippen molar-refractivity contribution in [1.82, 2.24) is 5.32 Å². The second-order valence-electron chi connectivity index (χ2n) is 4.96. The van der Waals surface area contributed by atoms with Gasteiger partial charge in [0.25, 0.3) is 0 Å². The zero-order chi connectivity index (χ0) is 15.3. The molecule has 0 spiro atoms. The van der Waals surface area contributed by atoms with Crippen LogP contribution in [0.25, 0.3) is 0 Å². The summed E-state index contributed by atoms with van der Waals surface area (Å²) in [5, 5.41) is 3.15. The van der Waals surface area contributed by atoms with Gasteiger partial charge < -0.3 is 10.1 Å². The van der Waals surface area contributed by atoms with Crippen LogP contribution in [0.4, 0.5) is 17.6 Å². The van der Waals surface area contributed by atoms with Crippen molar-refractivity contribution in [3.05, 3.63) is 35.1 Å². The molecule has 0 fully saturated rings. The summed E-state index contributed by atoms with van der Waals surface area (Å²) < 4.78 is 55.1. The van der Waals surface area contributed by atoms with Crippen LogP contribution in [0.1, 0.15) is 31.9 Å². The van der Waals surface area contributed by atoms with Crippen LogP contribution in [0.15, 0.2) is 18.2 Å². The fraction of sp³-hybridized carbons (Fsp3) is 0.571. The predicted octanol–water partition coefficient (Wildman–Crippen LogP) is 3.79. The smallest absolute Gasteiger partial charge is 0.364 e. The summed E-state index contributed by atoms with van der Waals surface area (Å²) in [6.07, 6.45) is -6.35. The molecule has 0 bridgehead atoms. The molecule has 0 saturated heterocycles. The largest absolute Gasteiger partial charge is 0.414 e. The second-order valence-corrected chi connectivity index (χ2v) is 4.96. The fourth-order valence-electron chi connectivity index (χ4n) is 1.48. The number of nitrogens with one attached hydrogen (secondary N) is 1. The van der Waals surface area contributed by atoms with Gasteiger partial charge in [-0.3, -0.25) is 0 Å².